The van der Waals surface area contributed by atoms with Gasteiger partial charge in [0.1, 0.15) is 5.75 Å². The monoisotopic (exact) mass is 291 g/mol. The Morgan fingerprint density at radius 3 is 2.38 bits per heavy atom. The van der Waals surface area contributed by atoms with Crippen LogP contribution >= 0.6 is 0 Å². The maximum absolute atomic E-state index is 5.50. The highest BCUT2D eigenvalue weighted by Crippen LogP contribution is 2.25. The van der Waals surface area contributed by atoms with E-state index in [0.717, 1.165) is 25.4 Å². The van der Waals surface area contributed by atoms with E-state index >= 15 is 0 Å². The maximum atomic E-state index is 5.50. The van der Waals surface area contributed by atoms with Gasteiger partial charge in [0.25, 0.3) is 0 Å². The van der Waals surface area contributed by atoms with Crippen molar-refractivity contribution in [1.29, 1.82) is 0 Å². The zero-order valence-electron chi connectivity index (χ0n) is 13.8. The van der Waals surface area contributed by atoms with Crippen LogP contribution in [0.1, 0.15) is 25.5 Å². The van der Waals surface area contributed by atoms with Crippen LogP contribution in [-0.2, 0) is 0 Å². The highest BCUT2D eigenvalue weighted by atomic mass is 16.5. The normalized spacial score (nSPS) is 18.9. The van der Waals surface area contributed by atoms with Crippen LogP contribution < -0.4 is 10.1 Å². The number of hydrogen-bond acceptors (Lipinski definition) is 4. The lowest BCUT2D eigenvalue weighted by Gasteiger charge is -2.38. The quantitative estimate of drug-likeness (QED) is 0.867. The third-order valence-electron chi connectivity index (χ3n) is 4.44. The Labute approximate surface area is 129 Å². The molecule has 0 aromatic heterocycles. The minimum absolute atomic E-state index is 0.312. The number of ether oxygens (including phenoxy) is 1. The van der Waals surface area contributed by atoms with Gasteiger partial charge in [-0.15, -0.1) is 0 Å². The Morgan fingerprint density at radius 1 is 1.14 bits per heavy atom. The molecule has 1 aliphatic heterocycles. The first-order valence-corrected chi connectivity index (χ1v) is 7.92. The number of likely N-dealkylation sites (N-methyl/N-ethyl adjacent to an activating group) is 1. The maximum Gasteiger partial charge on any atom is 0.123 e. The molecule has 1 aromatic rings. The highest BCUT2D eigenvalue weighted by molar-refractivity contribution is 5.36. The predicted molar refractivity (Wildman–Crippen MR) is 87.9 cm³/mol. The molecule has 1 aromatic carbocycles. The van der Waals surface area contributed by atoms with Crippen LogP contribution in [0.3, 0.4) is 0 Å². The van der Waals surface area contributed by atoms with Gasteiger partial charge in [0.2, 0.25) is 0 Å². The molecule has 1 fully saturated rings. The van der Waals surface area contributed by atoms with Crippen molar-refractivity contribution in [1.82, 2.24) is 15.1 Å². The van der Waals surface area contributed by atoms with Crippen molar-refractivity contribution in [3.05, 3.63) is 29.8 Å². The summed E-state index contributed by atoms with van der Waals surface area (Å²) in [6, 6.07) is 9.27. The van der Waals surface area contributed by atoms with E-state index < -0.39 is 0 Å². The number of nitrogens with one attached hydrogen (secondary N) is 1. The van der Waals surface area contributed by atoms with Crippen LogP contribution in [-0.4, -0.2) is 62.7 Å². The van der Waals surface area contributed by atoms with E-state index in [1.54, 1.807) is 7.11 Å². The summed E-state index contributed by atoms with van der Waals surface area (Å²) in [6.45, 7) is 10.2. The number of hydrogen-bond donors (Lipinski definition) is 1. The predicted octanol–water partition coefficient (Wildman–Crippen LogP) is 1.98. The SMILES string of the molecule is CNC(CN1CCN(C(C)C)CC1)c1ccccc1OC. The molecule has 0 bridgehead atoms. The second-order valence-corrected chi connectivity index (χ2v) is 6.01. The lowest BCUT2D eigenvalue weighted by molar-refractivity contribution is 0.101. The molecule has 0 radical (unpaired) electrons. The lowest BCUT2D eigenvalue weighted by Crippen LogP contribution is -2.50. The molecule has 1 N–H and O–H groups in total. The number of rotatable bonds is 6. The minimum atomic E-state index is 0.312. The largest absolute Gasteiger partial charge is 0.496 e. The topological polar surface area (TPSA) is 27.7 Å². The van der Waals surface area contributed by atoms with Crippen molar-refractivity contribution in [3.63, 3.8) is 0 Å². The molecule has 0 saturated carbocycles. The summed E-state index contributed by atoms with van der Waals surface area (Å²) in [4.78, 5) is 5.10. The zero-order chi connectivity index (χ0) is 15.2. The molecule has 1 aliphatic rings. The van der Waals surface area contributed by atoms with E-state index in [1.165, 1.54) is 18.7 Å². The molecular weight excluding hydrogens is 262 g/mol. The van der Waals surface area contributed by atoms with Crippen LogP contribution in [0.5, 0.6) is 5.75 Å². The van der Waals surface area contributed by atoms with Gasteiger partial charge >= 0.3 is 0 Å². The molecule has 21 heavy (non-hydrogen) atoms. The Balaban J connectivity index is 1.97. The average Bonchev–Trinajstić information content (AvgIpc) is 2.53. The van der Waals surface area contributed by atoms with Gasteiger partial charge in [-0.1, -0.05) is 18.2 Å². The second kappa shape index (κ2) is 7.78. The van der Waals surface area contributed by atoms with Gasteiger partial charge in [0.05, 0.1) is 7.11 Å². The number of para-hydroxylation sites is 1. The molecule has 0 amide bonds. The van der Waals surface area contributed by atoms with Crippen molar-refractivity contribution < 1.29 is 4.74 Å². The van der Waals surface area contributed by atoms with Gasteiger partial charge in [-0.25, -0.2) is 0 Å². The van der Waals surface area contributed by atoms with E-state index in [4.69, 9.17) is 4.74 Å². The molecule has 1 unspecified atom stereocenters. The Bertz CT molecular complexity index is 428. The molecule has 1 heterocycles. The minimum Gasteiger partial charge on any atom is -0.496 e. The van der Waals surface area contributed by atoms with Crippen LogP contribution in [0.4, 0.5) is 0 Å². The Hall–Kier alpha value is -1.10. The molecule has 1 atom stereocenters. The molecule has 0 spiro atoms. The fourth-order valence-electron chi connectivity index (χ4n) is 3.02. The Morgan fingerprint density at radius 2 is 1.81 bits per heavy atom. The van der Waals surface area contributed by atoms with Crippen molar-refractivity contribution in [2.45, 2.75) is 25.9 Å². The summed E-state index contributed by atoms with van der Waals surface area (Å²) in [5.74, 6) is 0.970. The molecule has 0 aliphatic carbocycles. The van der Waals surface area contributed by atoms with E-state index in [9.17, 15) is 0 Å². The Kier molecular flexibility index (Phi) is 6.03. The second-order valence-electron chi connectivity index (χ2n) is 6.01. The summed E-state index contributed by atoms with van der Waals surface area (Å²) in [5.41, 5.74) is 1.24. The van der Waals surface area contributed by atoms with Gasteiger partial charge in [-0.05, 0) is 27.0 Å². The summed E-state index contributed by atoms with van der Waals surface area (Å²) >= 11 is 0. The number of methoxy groups -OCH3 is 1. The molecule has 2 rings (SSSR count). The van der Waals surface area contributed by atoms with Gasteiger partial charge in [0.15, 0.2) is 0 Å². The highest BCUT2D eigenvalue weighted by Gasteiger charge is 2.22. The molecule has 4 nitrogen and oxygen atoms in total. The van der Waals surface area contributed by atoms with E-state index in [0.29, 0.717) is 12.1 Å². The first kappa shape index (κ1) is 16.3. The first-order valence-electron chi connectivity index (χ1n) is 7.92. The average molecular weight is 291 g/mol. The van der Waals surface area contributed by atoms with Crippen LogP contribution in [0.2, 0.25) is 0 Å². The van der Waals surface area contributed by atoms with E-state index in [2.05, 4.69) is 41.1 Å². The number of benzene rings is 1. The molecule has 1 saturated heterocycles. The van der Waals surface area contributed by atoms with Gasteiger partial charge in [-0.2, -0.15) is 0 Å². The molecule has 4 heteroatoms. The summed E-state index contributed by atoms with van der Waals surface area (Å²) in [6.07, 6.45) is 0. The lowest BCUT2D eigenvalue weighted by atomic mass is 10.0. The van der Waals surface area contributed by atoms with E-state index in [1.807, 2.05) is 19.2 Å². The third kappa shape index (κ3) is 4.19. The van der Waals surface area contributed by atoms with Crippen molar-refractivity contribution in [2.75, 3.05) is 46.9 Å². The molecular formula is C17H29N3O. The summed E-state index contributed by atoms with van der Waals surface area (Å²) < 4.78 is 5.50. The molecule has 118 valence electrons. The standard InChI is InChI=1S/C17H29N3O/c1-14(2)20-11-9-19(10-12-20)13-16(18-3)15-7-5-6-8-17(15)21-4/h5-8,14,16,18H,9-13H2,1-4H3. The number of piperazine rings is 1. The number of nitrogens with zero attached hydrogens (tertiary/aromatic N) is 2. The fourth-order valence-corrected chi connectivity index (χ4v) is 3.02. The van der Waals surface area contributed by atoms with Gasteiger partial charge in [-0.3, -0.25) is 9.80 Å². The zero-order valence-corrected chi connectivity index (χ0v) is 13.8. The summed E-state index contributed by atoms with van der Waals surface area (Å²) in [7, 11) is 3.77. The third-order valence-corrected chi connectivity index (χ3v) is 4.44. The summed E-state index contributed by atoms with van der Waals surface area (Å²) in [5, 5.41) is 3.44. The van der Waals surface area contributed by atoms with Crippen LogP contribution in [0, 0.1) is 0 Å². The van der Waals surface area contributed by atoms with Crippen molar-refractivity contribution in [2.24, 2.45) is 0 Å². The smallest absolute Gasteiger partial charge is 0.123 e. The van der Waals surface area contributed by atoms with E-state index in [-0.39, 0.29) is 0 Å². The van der Waals surface area contributed by atoms with Crippen molar-refractivity contribution in [3.8, 4) is 5.75 Å². The van der Waals surface area contributed by atoms with Crippen LogP contribution in [0.15, 0.2) is 24.3 Å². The van der Waals surface area contributed by atoms with Gasteiger partial charge < -0.3 is 10.1 Å². The van der Waals surface area contributed by atoms with Crippen LogP contribution in [0.25, 0.3) is 0 Å². The first-order chi connectivity index (χ1) is 10.2. The van der Waals surface area contributed by atoms with Gasteiger partial charge in [0, 0.05) is 50.4 Å². The van der Waals surface area contributed by atoms with Crippen molar-refractivity contribution >= 4 is 0 Å². The fraction of sp³-hybridized carbons (Fsp3) is 0.647.